The minimum Gasteiger partial charge on any atom is -0.341 e. The fourth-order valence-corrected chi connectivity index (χ4v) is 3.79. The van der Waals surface area contributed by atoms with Gasteiger partial charge < -0.3 is 9.47 Å². The van der Waals surface area contributed by atoms with Crippen LogP contribution in [0.15, 0.2) is 36.0 Å². The smallest absolute Gasteiger partial charge is 0.242 e. The van der Waals surface area contributed by atoms with E-state index in [2.05, 4.69) is 11.1 Å². The first kappa shape index (κ1) is 13.8. The highest BCUT2D eigenvalue weighted by molar-refractivity contribution is 7.14. The van der Waals surface area contributed by atoms with Crippen molar-refractivity contribution in [1.82, 2.24) is 14.5 Å². The molecule has 0 radical (unpaired) electrons. The lowest BCUT2D eigenvalue weighted by Crippen LogP contribution is -2.43. The second kappa shape index (κ2) is 5.41. The number of aromatic nitrogens is 2. The van der Waals surface area contributed by atoms with E-state index in [1.165, 1.54) is 0 Å². The molecule has 1 aliphatic heterocycles. The van der Waals surface area contributed by atoms with Gasteiger partial charge in [0.2, 0.25) is 5.91 Å². The lowest BCUT2D eigenvalue weighted by molar-refractivity contribution is -0.135. The van der Waals surface area contributed by atoms with Crippen molar-refractivity contribution >= 4 is 39.9 Å². The monoisotopic (exact) mass is 331 g/mol. The van der Waals surface area contributed by atoms with Gasteiger partial charge in [-0.1, -0.05) is 11.6 Å². The number of pyridine rings is 1. The highest BCUT2D eigenvalue weighted by Crippen LogP contribution is 2.34. The summed E-state index contributed by atoms with van der Waals surface area (Å²) in [6, 6.07) is 5.89. The van der Waals surface area contributed by atoms with Gasteiger partial charge >= 0.3 is 0 Å². The Morgan fingerprint density at radius 3 is 2.91 bits per heavy atom. The van der Waals surface area contributed by atoms with Crippen molar-refractivity contribution in [3.63, 3.8) is 0 Å². The summed E-state index contributed by atoms with van der Waals surface area (Å²) in [4.78, 5) is 19.6. The number of carbonyl (C=O) groups excluding carboxylic acids is 1. The van der Waals surface area contributed by atoms with Gasteiger partial charge in [-0.05, 0) is 30.0 Å². The summed E-state index contributed by atoms with van der Waals surface area (Å²) < 4.78 is 1.97. The average molecular weight is 332 g/mol. The third-order valence-electron chi connectivity index (χ3n) is 4.01. The van der Waals surface area contributed by atoms with E-state index >= 15 is 0 Å². The number of hydrogen-bond acceptors (Lipinski definition) is 3. The number of carbonyl (C=O) groups is 1. The van der Waals surface area contributed by atoms with E-state index in [1.54, 1.807) is 11.3 Å². The third kappa shape index (κ3) is 2.30. The van der Waals surface area contributed by atoms with Gasteiger partial charge in [0.05, 0.1) is 20.9 Å². The maximum atomic E-state index is 12.2. The van der Waals surface area contributed by atoms with Gasteiger partial charge in [0.1, 0.15) is 6.54 Å². The molecule has 22 heavy (non-hydrogen) atoms. The number of nitrogens with zero attached hydrogens (tertiary/aromatic N) is 3. The van der Waals surface area contributed by atoms with Gasteiger partial charge in [0, 0.05) is 31.0 Å². The number of fused-ring (bicyclic) bond motifs is 1. The topological polar surface area (TPSA) is 38.1 Å². The van der Waals surface area contributed by atoms with Crippen molar-refractivity contribution in [2.75, 3.05) is 13.1 Å². The molecule has 0 spiro atoms. The molecule has 4 rings (SSSR count). The van der Waals surface area contributed by atoms with Gasteiger partial charge in [-0.3, -0.25) is 9.78 Å². The molecule has 0 saturated carbocycles. The Morgan fingerprint density at radius 2 is 2.23 bits per heavy atom. The highest BCUT2D eigenvalue weighted by Gasteiger charge is 2.20. The van der Waals surface area contributed by atoms with Crippen molar-refractivity contribution in [3.05, 3.63) is 41.0 Å². The average Bonchev–Trinajstić information content (AvgIpc) is 3.03. The summed E-state index contributed by atoms with van der Waals surface area (Å²) >= 11 is 7.80. The number of halogens is 1. The molecule has 1 aliphatic rings. The molecule has 0 unspecified atom stereocenters. The van der Waals surface area contributed by atoms with Crippen LogP contribution in [-0.4, -0.2) is 33.4 Å². The number of rotatable bonds is 3. The largest absolute Gasteiger partial charge is 0.341 e. The van der Waals surface area contributed by atoms with Gasteiger partial charge in [0.15, 0.2) is 0 Å². The Kier molecular flexibility index (Phi) is 3.39. The summed E-state index contributed by atoms with van der Waals surface area (Å²) in [5.41, 5.74) is 2.85. The normalized spacial score (nSPS) is 14.3. The molecule has 0 aliphatic carbocycles. The molecule has 112 valence electrons. The quantitative estimate of drug-likeness (QED) is 0.734. The standard InChI is InChI=1S/C16H14ClN3OS/c17-12-3-7-22-16(12)11-8-14-13(18-9-11)2-6-20(14)10-15(21)19-4-1-5-19/h2-3,6-9H,1,4-5,10H2. The summed E-state index contributed by atoms with van der Waals surface area (Å²) in [7, 11) is 0. The molecule has 1 saturated heterocycles. The molecule has 1 amide bonds. The van der Waals surface area contributed by atoms with Crippen molar-refractivity contribution in [2.24, 2.45) is 0 Å². The molecule has 0 aromatic carbocycles. The van der Waals surface area contributed by atoms with Crippen LogP contribution < -0.4 is 0 Å². The second-order valence-corrected chi connectivity index (χ2v) is 6.73. The molecule has 6 heteroatoms. The molecular weight excluding hydrogens is 318 g/mol. The number of amides is 1. The fourth-order valence-electron chi connectivity index (χ4n) is 2.64. The molecular formula is C16H14ClN3OS. The van der Waals surface area contributed by atoms with Crippen molar-refractivity contribution < 1.29 is 4.79 Å². The van der Waals surface area contributed by atoms with Crippen LogP contribution in [0, 0.1) is 0 Å². The summed E-state index contributed by atoms with van der Waals surface area (Å²) in [5, 5.41) is 2.70. The van der Waals surface area contributed by atoms with Crippen LogP contribution in [0.25, 0.3) is 21.5 Å². The van der Waals surface area contributed by atoms with E-state index in [9.17, 15) is 4.79 Å². The van der Waals surface area contributed by atoms with Crippen LogP contribution in [-0.2, 0) is 11.3 Å². The highest BCUT2D eigenvalue weighted by atomic mass is 35.5. The Bertz CT molecular complexity index is 850. The zero-order valence-electron chi connectivity index (χ0n) is 11.8. The van der Waals surface area contributed by atoms with Crippen LogP contribution >= 0.6 is 22.9 Å². The van der Waals surface area contributed by atoms with E-state index in [4.69, 9.17) is 11.6 Å². The van der Waals surface area contributed by atoms with Crippen molar-refractivity contribution in [2.45, 2.75) is 13.0 Å². The van der Waals surface area contributed by atoms with E-state index in [0.29, 0.717) is 6.54 Å². The molecule has 3 aromatic rings. The maximum absolute atomic E-state index is 12.2. The second-order valence-electron chi connectivity index (χ2n) is 5.40. The number of thiophene rings is 1. The van der Waals surface area contributed by atoms with E-state index in [-0.39, 0.29) is 5.91 Å². The van der Waals surface area contributed by atoms with Gasteiger partial charge in [0.25, 0.3) is 0 Å². The first-order valence-electron chi connectivity index (χ1n) is 7.18. The van der Waals surface area contributed by atoms with Gasteiger partial charge in [-0.15, -0.1) is 11.3 Å². The SMILES string of the molecule is O=C(Cn1ccc2ncc(-c3sccc3Cl)cc21)N1CCC1. The van der Waals surface area contributed by atoms with E-state index in [0.717, 1.165) is 46.0 Å². The van der Waals surface area contributed by atoms with E-state index < -0.39 is 0 Å². The van der Waals surface area contributed by atoms with Crippen molar-refractivity contribution in [1.29, 1.82) is 0 Å². The molecule has 0 bridgehead atoms. The lowest BCUT2D eigenvalue weighted by atomic mass is 10.2. The van der Waals surface area contributed by atoms with E-state index in [1.807, 2.05) is 39.4 Å². The Labute approximate surface area is 136 Å². The van der Waals surface area contributed by atoms with Crippen LogP contribution in [0.1, 0.15) is 6.42 Å². The van der Waals surface area contributed by atoms with Crippen LogP contribution in [0.3, 0.4) is 0 Å². The van der Waals surface area contributed by atoms with Crippen LogP contribution in [0.5, 0.6) is 0 Å². The summed E-state index contributed by atoms with van der Waals surface area (Å²) in [6.45, 7) is 2.13. The molecule has 4 heterocycles. The predicted molar refractivity (Wildman–Crippen MR) is 89.3 cm³/mol. The Hall–Kier alpha value is -1.85. The summed E-state index contributed by atoms with van der Waals surface area (Å²) in [5.74, 6) is 0.170. The molecule has 0 N–H and O–H groups in total. The summed E-state index contributed by atoms with van der Waals surface area (Å²) in [6.07, 6.45) is 4.87. The lowest BCUT2D eigenvalue weighted by Gasteiger charge is -2.31. The molecule has 1 fully saturated rings. The Balaban J connectivity index is 1.70. The maximum Gasteiger partial charge on any atom is 0.242 e. The minimum atomic E-state index is 0.170. The van der Waals surface area contributed by atoms with Gasteiger partial charge in [-0.2, -0.15) is 0 Å². The first-order valence-corrected chi connectivity index (χ1v) is 8.44. The third-order valence-corrected chi connectivity index (χ3v) is 5.40. The zero-order valence-corrected chi connectivity index (χ0v) is 13.4. The molecule has 3 aromatic heterocycles. The van der Waals surface area contributed by atoms with Crippen LogP contribution in [0.4, 0.5) is 0 Å². The van der Waals surface area contributed by atoms with Crippen LogP contribution in [0.2, 0.25) is 5.02 Å². The first-order chi connectivity index (χ1) is 10.7. The predicted octanol–water partition coefficient (Wildman–Crippen LogP) is 3.65. The van der Waals surface area contributed by atoms with Crippen molar-refractivity contribution in [3.8, 4) is 10.4 Å². The van der Waals surface area contributed by atoms with Gasteiger partial charge in [-0.25, -0.2) is 0 Å². The number of likely N-dealkylation sites (tertiary alicyclic amines) is 1. The Morgan fingerprint density at radius 1 is 1.36 bits per heavy atom. The number of hydrogen-bond donors (Lipinski definition) is 0. The molecule has 0 atom stereocenters. The fraction of sp³-hybridized carbons (Fsp3) is 0.250. The zero-order chi connectivity index (χ0) is 15.1. The molecule has 4 nitrogen and oxygen atoms in total. The minimum absolute atomic E-state index is 0.170.